The summed E-state index contributed by atoms with van der Waals surface area (Å²) in [6.07, 6.45) is -0.468. The molecular weight excluding hydrogens is 394 g/mol. The zero-order chi connectivity index (χ0) is 22.0. The lowest BCUT2D eigenvalue weighted by Gasteiger charge is -2.46. The highest BCUT2D eigenvalue weighted by Gasteiger charge is 2.46. The number of amides is 3. The first kappa shape index (κ1) is 21.1. The predicted molar refractivity (Wildman–Crippen MR) is 115 cm³/mol. The third-order valence-corrected chi connectivity index (χ3v) is 5.91. The van der Waals surface area contributed by atoms with E-state index in [0.29, 0.717) is 25.3 Å². The molecule has 0 bridgehead atoms. The van der Waals surface area contributed by atoms with Crippen molar-refractivity contribution in [3.05, 3.63) is 71.3 Å². The van der Waals surface area contributed by atoms with Crippen LogP contribution < -0.4 is 5.32 Å². The number of rotatable bonds is 5. The molecule has 2 aliphatic heterocycles. The molecule has 1 N–H and O–H groups in total. The summed E-state index contributed by atoms with van der Waals surface area (Å²) >= 11 is 0. The van der Waals surface area contributed by atoms with Crippen molar-refractivity contribution < 1.29 is 19.1 Å². The fourth-order valence-corrected chi connectivity index (χ4v) is 4.12. The van der Waals surface area contributed by atoms with Crippen molar-refractivity contribution in [3.8, 4) is 0 Å². The van der Waals surface area contributed by atoms with Crippen LogP contribution in [0.15, 0.2) is 54.6 Å². The van der Waals surface area contributed by atoms with Crippen LogP contribution in [0.1, 0.15) is 28.4 Å². The molecule has 0 radical (unpaired) electrons. The molecule has 3 atom stereocenters. The largest absolute Gasteiger partial charge is 0.371 e. The van der Waals surface area contributed by atoms with Gasteiger partial charge in [0.1, 0.15) is 12.1 Å². The van der Waals surface area contributed by atoms with E-state index in [4.69, 9.17) is 4.74 Å². The van der Waals surface area contributed by atoms with Gasteiger partial charge < -0.3 is 19.9 Å². The third-order valence-electron chi connectivity index (χ3n) is 5.91. The molecule has 2 aromatic carbocycles. The van der Waals surface area contributed by atoms with Crippen LogP contribution >= 0.6 is 0 Å². The summed E-state index contributed by atoms with van der Waals surface area (Å²) in [5, 5.41) is 2.82. The Morgan fingerprint density at radius 3 is 2.65 bits per heavy atom. The first-order chi connectivity index (χ1) is 14.9. The second kappa shape index (κ2) is 8.89. The Morgan fingerprint density at radius 1 is 1.13 bits per heavy atom. The van der Waals surface area contributed by atoms with E-state index in [1.807, 2.05) is 55.5 Å². The summed E-state index contributed by atoms with van der Waals surface area (Å²) < 4.78 is 5.87. The zero-order valence-corrected chi connectivity index (χ0v) is 17.8. The van der Waals surface area contributed by atoms with Gasteiger partial charge in [-0.2, -0.15) is 0 Å². The number of nitrogens with zero attached hydrogens (tertiary/aromatic N) is 2. The van der Waals surface area contributed by atoms with Crippen LogP contribution in [0.5, 0.6) is 0 Å². The third kappa shape index (κ3) is 4.46. The first-order valence-corrected chi connectivity index (χ1v) is 10.6. The van der Waals surface area contributed by atoms with E-state index in [1.54, 1.807) is 22.8 Å². The van der Waals surface area contributed by atoms with Crippen LogP contribution in [0.2, 0.25) is 0 Å². The maximum atomic E-state index is 13.1. The Balaban J connectivity index is 1.40. The van der Waals surface area contributed by atoms with E-state index in [2.05, 4.69) is 5.32 Å². The van der Waals surface area contributed by atoms with E-state index in [0.717, 1.165) is 11.1 Å². The van der Waals surface area contributed by atoms with Crippen molar-refractivity contribution in [1.29, 1.82) is 0 Å². The van der Waals surface area contributed by atoms with Crippen LogP contribution in [0.25, 0.3) is 0 Å². The molecule has 4 rings (SSSR count). The van der Waals surface area contributed by atoms with Gasteiger partial charge in [-0.15, -0.1) is 0 Å². The van der Waals surface area contributed by atoms with Crippen LogP contribution in [0, 0.1) is 6.92 Å². The summed E-state index contributed by atoms with van der Waals surface area (Å²) in [5.41, 5.74) is 2.60. The number of hydrogen-bond donors (Lipinski definition) is 1. The van der Waals surface area contributed by atoms with Crippen molar-refractivity contribution in [1.82, 2.24) is 15.1 Å². The lowest BCUT2D eigenvalue weighted by molar-refractivity contribution is -0.156. The van der Waals surface area contributed by atoms with Crippen LogP contribution in [-0.2, 0) is 20.9 Å². The maximum Gasteiger partial charge on any atom is 0.254 e. The number of carbonyl (C=O) groups is 3. The van der Waals surface area contributed by atoms with Gasteiger partial charge in [-0.05, 0) is 31.5 Å². The van der Waals surface area contributed by atoms with Gasteiger partial charge in [0.25, 0.3) is 5.91 Å². The Morgan fingerprint density at radius 2 is 1.90 bits per heavy atom. The molecular formula is C24H27N3O4. The van der Waals surface area contributed by atoms with E-state index in [1.165, 1.54) is 0 Å². The second-order valence-corrected chi connectivity index (χ2v) is 8.16. The Labute approximate surface area is 182 Å². The van der Waals surface area contributed by atoms with Crippen molar-refractivity contribution in [2.75, 3.05) is 19.6 Å². The molecule has 3 amide bonds. The summed E-state index contributed by atoms with van der Waals surface area (Å²) in [7, 11) is 0. The average Bonchev–Trinajstić information content (AvgIpc) is 2.79. The molecule has 0 aliphatic carbocycles. The van der Waals surface area contributed by atoms with Gasteiger partial charge in [-0.1, -0.05) is 48.0 Å². The lowest BCUT2D eigenvalue weighted by atomic mass is 10.0. The van der Waals surface area contributed by atoms with E-state index >= 15 is 0 Å². The van der Waals surface area contributed by atoms with Gasteiger partial charge in [0.15, 0.2) is 0 Å². The smallest absolute Gasteiger partial charge is 0.254 e. The van der Waals surface area contributed by atoms with Crippen molar-refractivity contribution in [2.24, 2.45) is 0 Å². The number of aryl methyl sites for hydroxylation is 1. The minimum atomic E-state index is -0.730. The molecule has 2 saturated heterocycles. The quantitative estimate of drug-likeness (QED) is 0.798. The summed E-state index contributed by atoms with van der Waals surface area (Å²) in [4.78, 5) is 42.0. The van der Waals surface area contributed by atoms with Gasteiger partial charge in [0, 0.05) is 18.7 Å². The number of carbonyl (C=O) groups excluding carboxylic acids is 3. The highest BCUT2D eigenvalue weighted by molar-refractivity contribution is 5.99. The molecule has 2 heterocycles. The van der Waals surface area contributed by atoms with Crippen LogP contribution in [0.3, 0.4) is 0 Å². The van der Waals surface area contributed by atoms with Crippen molar-refractivity contribution in [3.63, 3.8) is 0 Å². The topological polar surface area (TPSA) is 79.0 Å². The minimum Gasteiger partial charge on any atom is -0.371 e. The van der Waals surface area contributed by atoms with E-state index < -0.39 is 18.2 Å². The Hall–Kier alpha value is -3.19. The van der Waals surface area contributed by atoms with Crippen LogP contribution in [0.4, 0.5) is 0 Å². The highest BCUT2D eigenvalue weighted by atomic mass is 16.5. The molecule has 162 valence electrons. The van der Waals surface area contributed by atoms with Gasteiger partial charge in [0.2, 0.25) is 11.8 Å². The molecule has 2 fully saturated rings. The standard InChI is InChI=1S/C24H27N3O4/c1-16-7-6-10-19(13-16)23(29)26-11-12-27-20(14-26)22(28)25-21(24(27)30)17(2)31-15-18-8-4-3-5-9-18/h3-10,13,17,20-21H,11-12,14-15H2,1-2H3,(H,25,28)/t17-,20-,21+/m1/s1. The minimum absolute atomic E-state index is 0.120. The SMILES string of the molecule is Cc1cccc(C(=O)N2CCN3C(=O)[C@H]([C@@H](C)OCc4ccccc4)NC(=O)[C@H]3C2)c1. The fraction of sp³-hybridized carbons (Fsp3) is 0.375. The summed E-state index contributed by atoms with van der Waals surface area (Å²) in [6.45, 7) is 5.01. The van der Waals surface area contributed by atoms with Gasteiger partial charge in [0.05, 0.1) is 19.3 Å². The number of hydrogen-bond acceptors (Lipinski definition) is 4. The van der Waals surface area contributed by atoms with Gasteiger partial charge in [-0.25, -0.2) is 0 Å². The van der Waals surface area contributed by atoms with Crippen LogP contribution in [-0.4, -0.2) is 65.3 Å². The second-order valence-electron chi connectivity index (χ2n) is 8.16. The van der Waals surface area contributed by atoms with E-state index in [9.17, 15) is 14.4 Å². The number of piperazine rings is 2. The Kier molecular flexibility index (Phi) is 6.04. The number of nitrogens with one attached hydrogen (secondary N) is 1. The molecule has 0 saturated carbocycles. The van der Waals surface area contributed by atoms with Gasteiger partial charge >= 0.3 is 0 Å². The first-order valence-electron chi connectivity index (χ1n) is 10.6. The lowest BCUT2D eigenvalue weighted by Crippen LogP contribution is -2.71. The number of benzene rings is 2. The molecule has 0 aromatic heterocycles. The molecule has 2 aromatic rings. The molecule has 0 unspecified atom stereocenters. The molecule has 7 heteroatoms. The molecule has 0 spiro atoms. The molecule has 2 aliphatic rings. The fourth-order valence-electron chi connectivity index (χ4n) is 4.12. The highest BCUT2D eigenvalue weighted by Crippen LogP contribution is 2.21. The van der Waals surface area contributed by atoms with Crippen molar-refractivity contribution in [2.45, 2.75) is 38.6 Å². The Bertz CT molecular complexity index is 978. The summed E-state index contributed by atoms with van der Waals surface area (Å²) in [5.74, 6) is -0.528. The van der Waals surface area contributed by atoms with Crippen molar-refractivity contribution >= 4 is 17.7 Å². The number of ether oxygens (including phenoxy) is 1. The normalized spacial score (nSPS) is 22.0. The van der Waals surface area contributed by atoms with Gasteiger partial charge in [-0.3, -0.25) is 14.4 Å². The van der Waals surface area contributed by atoms with E-state index in [-0.39, 0.29) is 24.3 Å². The molecule has 7 nitrogen and oxygen atoms in total. The maximum absolute atomic E-state index is 13.1. The molecule has 31 heavy (non-hydrogen) atoms. The monoisotopic (exact) mass is 421 g/mol. The number of fused-ring (bicyclic) bond motifs is 1. The predicted octanol–water partition coefficient (Wildman–Crippen LogP) is 1.75. The average molecular weight is 421 g/mol. The zero-order valence-electron chi connectivity index (χ0n) is 17.8. The summed E-state index contributed by atoms with van der Waals surface area (Å²) in [6, 6.07) is 15.7.